The van der Waals surface area contributed by atoms with Gasteiger partial charge in [-0.05, 0) is 48.5 Å². The predicted octanol–water partition coefficient (Wildman–Crippen LogP) is 4.10. The maximum absolute atomic E-state index is 12.9. The van der Waals surface area contributed by atoms with Crippen molar-refractivity contribution in [3.8, 4) is 0 Å². The van der Waals surface area contributed by atoms with E-state index < -0.39 is 0 Å². The third kappa shape index (κ3) is 3.63. The number of aromatic nitrogens is 1. The quantitative estimate of drug-likeness (QED) is 0.775. The Morgan fingerprint density at radius 1 is 1.21 bits per heavy atom. The lowest BCUT2D eigenvalue weighted by Crippen LogP contribution is -2.30. The van der Waals surface area contributed by atoms with Crippen molar-refractivity contribution in [2.75, 3.05) is 23.8 Å². The van der Waals surface area contributed by atoms with E-state index in [1.54, 1.807) is 18.3 Å². The van der Waals surface area contributed by atoms with Gasteiger partial charge < -0.3 is 10.2 Å². The first-order valence-electron chi connectivity index (χ1n) is 7.34. The Morgan fingerprint density at radius 2 is 1.96 bits per heavy atom. The minimum absolute atomic E-state index is 0.152. The largest absolute Gasteiger partial charge is 0.365 e. The molecule has 6 heteroatoms. The second-order valence-electron chi connectivity index (χ2n) is 5.40. The van der Waals surface area contributed by atoms with Gasteiger partial charge in [0.2, 0.25) is 5.91 Å². The van der Waals surface area contributed by atoms with E-state index in [0.29, 0.717) is 10.7 Å². The maximum atomic E-state index is 12.9. The van der Waals surface area contributed by atoms with E-state index in [-0.39, 0.29) is 18.3 Å². The fourth-order valence-electron chi connectivity index (χ4n) is 2.47. The highest BCUT2D eigenvalue weighted by Gasteiger charge is 2.11. The highest BCUT2D eigenvalue weighted by molar-refractivity contribution is 6.31. The van der Waals surface area contributed by atoms with E-state index in [1.807, 2.05) is 24.1 Å². The first-order chi connectivity index (χ1) is 11.5. The monoisotopic (exact) mass is 343 g/mol. The number of carbonyl (C=O) groups is 1. The highest BCUT2D eigenvalue weighted by atomic mass is 35.5. The molecule has 0 fully saturated rings. The lowest BCUT2D eigenvalue weighted by Gasteiger charge is -2.20. The van der Waals surface area contributed by atoms with E-state index in [0.717, 1.165) is 16.6 Å². The first-order valence-corrected chi connectivity index (χ1v) is 7.71. The number of carbonyl (C=O) groups excluding carboxylic acids is 1. The molecule has 0 atom stereocenters. The van der Waals surface area contributed by atoms with Gasteiger partial charge in [-0.1, -0.05) is 11.6 Å². The van der Waals surface area contributed by atoms with Crippen LogP contribution in [0.25, 0.3) is 10.9 Å². The molecule has 24 heavy (non-hydrogen) atoms. The van der Waals surface area contributed by atoms with Gasteiger partial charge in [0.25, 0.3) is 0 Å². The number of benzene rings is 2. The molecule has 0 aliphatic carbocycles. The Morgan fingerprint density at radius 3 is 2.71 bits per heavy atom. The van der Waals surface area contributed by atoms with Crippen molar-refractivity contribution in [2.24, 2.45) is 0 Å². The van der Waals surface area contributed by atoms with Crippen LogP contribution in [0.5, 0.6) is 0 Å². The summed E-state index contributed by atoms with van der Waals surface area (Å²) in [5.41, 5.74) is 2.21. The second kappa shape index (κ2) is 6.84. The third-order valence-electron chi connectivity index (χ3n) is 3.60. The van der Waals surface area contributed by atoms with E-state index >= 15 is 0 Å². The minimum Gasteiger partial charge on any atom is -0.365 e. The van der Waals surface area contributed by atoms with Crippen molar-refractivity contribution >= 4 is 39.8 Å². The molecule has 3 rings (SSSR count). The molecular formula is C18H15ClFN3O. The van der Waals surface area contributed by atoms with Crippen LogP contribution >= 0.6 is 11.6 Å². The zero-order valence-electron chi connectivity index (χ0n) is 13.0. The lowest BCUT2D eigenvalue weighted by molar-refractivity contribution is -0.114. The summed E-state index contributed by atoms with van der Waals surface area (Å²) < 4.78 is 12.9. The van der Waals surface area contributed by atoms with Gasteiger partial charge >= 0.3 is 0 Å². The van der Waals surface area contributed by atoms with Gasteiger partial charge in [-0.25, -0.2) is 4.39 Å². The van der Waals surface area contributed by atoms with Crippen molar-refractivity contribution in [1.82, 2.24) is 4.98 Å². The number of anilines is 2. The summed E-state index contributed by atoms with van der Waals surface area (Å²) in [5.74, 6) is -0.532. The molecule has 0 saturated heterocycles. The average Bonchev–Trinajstić information content (AvgIpc) is 2.56. The molecule has 1 amide bonds. The zero-order valence-corrected chi connectivity index (χ0v) is 13.7. The predicted molar refractivity (Wildman–Crippen MR) is 95.1 cm³/mol. The molecule has 122 valence electrons. The van der Waals surface area contributed by atoms with E-state index in [9.17, 15) is 9.18 Å². The van der Waals surface area contributed by atoms with Crippen molar-refractivity contribution in [2.45, 2.75) is 0 Å². The number of rotatable bonds is 4. The van der Waals surface area contributed by atoms with Crippen LogP contribution in [-0.2, 0) is 4.79 Å². The summed E-state index contributed by atoms with van der Waals surface area (Å²) in [4.78, 5) is 18.3. The van der Waals surface area contributed by atoms with E-state index in [1.165, 1.54) is 24.3 Å². The number of halogens is 2. The SMILES string of the molecule is CN(CC(=O)Nc1ccc(F)cc1)c1ccnc2cc(Cl)ccc12. The number of nitrogens with one attached hydrogen (secondary N) is 1. The number of hydrogen-bond donors (Lipinski definition) is 1. The number of fused-ring (bicyclic) bond motifs is 1. The van der Waals surface area contributed by atoms with Crippen LogP contribution in [0.1, 0.15) is 0 Å². The summed E-state index contributed by atoms with van der Waals surface area (Å²) in [7, 11) is 1.83. The first kappa shape index (κ1) is 16.2. The number of amides is 1. The molecule has 0 aliphatic rings. The van der Waals surface area contributed by atoms with Crippen LogP contribution < -0.4 is 10.2 Å². The molecule has 1 aromatic heterocycles. The van der Waals surface area contributed by atoms with Crippen LogP contribution in [-0.4, -0.2) is 24.5 Å². The number of hydrogen-bond acceptors (Lipinski definition) is 3. The van der Waals surface area contributed by atoms with Crippen molar-refractivity contribution in [3.63, 3.8) is 0 Å². The van der Waals surface area contributed by atoms with Crippen LogP contribution in [0.15, 0.2) is 54.7 Å². The summed E-state index contributed by atoms with van der Waals surface area (Å²) >= 11 is 5.99. The van der Waals surface area contributed by atoms with Crippen molar-refractivity contribution < 1.29 is 9.18 Å². The Kier molecular flexibility index (Phi) is 4.62. The van der Waals surface area contributed by atoms with Gasteiger partial charge in [-0.15, -0.1) is 0 Å². The van der Waals surface area contributed by atoms with E-state index in [2.05, 4.69) is 10.3 Å². The topological polar surface area (TPSA) is 45.2 Å². The second-order valence-corrected chi connectivity index (χ2v) is 5.84. The van der Waals surface area contributed by atoms with Gasteiger partial charge in [0, 0.05) is 35.0 Å². The van der Waals surface area contributed by atoms with Crippen LogP contribution in [0.2, 0.25) is 5.02 Å². The number of pyridine rings is 1. The molecule has 4 nitrogen and oxygen atoms in total. The minimum atomic E-state index is -0.341. The Labute approximate surface area is 143 Å². The summed E-state index contributed by atoms with van der Waals surface area (Å²) in [6.45, 7) is 0.152. The molecule has 1 heterocycles. The summed E-state index contributed by atoms with van der Waals surface area (Å²) in [6, 6.07) is 13.0. The Bertz CT molecular complexity index is 883. The molecule has 1 N–H and O–H groups in total. The summed E-state index contributed by atoms with van der Waals surface area (Å²) in [6.07, 6.45) is 1.68. The molecule has 0 spiro atoms. The normalized spacial score (nSPS) is 10.6. The molecule has 2 aromatic carbocycles. The van der Waals surface area contributed by atoms with Crippen LogP contribution in [0.4, 0.5) is 15.8 Å². The molecule has 0 bridgehead atoms. The van der Waals surface area contributed by atoms with Gasteiger partial charge in [0.05, 0.1) is 12.1 Å². The van der Waals surface area contributed by atoms with Crippen LogP contribution in [0.3, 0.4) is 0 Å². The smallest absolute Gasteiger partial charge is 0.243 e. The fraction of sp³-hybridized carbons (Fsp3) is 0.111. The Balaban J connectivity index is 1.76. The van der Waals surface area contributed by atoms with Gasteiger partial charge in [-0.2, -0.15) is 0 Å². The number of nitrogens with zero attached hydrogens (tertiary/aromatic N) is 2. The molecule has 0 aliphatic heterocycles. The standard InChI is InChI=1S/C18H15ClFN3O/c1-23(11-18(24)22-14-5-3-13(20)4-6-14)17-8-9-21-16-10-12(19)2-7-15(16)17/h2-10H,11H2,1H3,(H,22,24). The van der Waals surface area contributed by atoms with Crippen LogP contribution in [0, 0.1) is 5.82 Å². The van der Waals surface area contributed by atoms with Gasteiger partial charge in [0.15, 0.2) is 0 Å². The summed E-state index contributed by atoms with van der Waals surface area (Å²) in [5, 5.41) is 4.27. The molecule has 0 saturated carbocycles. The van der Waals surface area contributed by atoms with Crippen molar-refractivity contribution in [3.05, 3.63) is 65.6 Å². The molecule has 0 radical (unpaired) electrons. The Hall–Kier alpha value is -2.66. The molecular weight excluding hydrogens is 329 g/mol. The molecule has 0 unspecified atom stereocenters. The zero-order chi connectivity index (χ0) is 17.1. The van der Waals surface area contributed by atoms with Gasteiger partial charge in [-0.3, -0.25) is 9.78 Å². The van der Waals surface area contributed by atoms with Crippen molar-refractivity contribution in [1.29, 1.82) is 0 Å². The highest BCUT2D eigenvalue weighted by Crippen LogP contribution is 2.26. The van der Waals surface area contributed by atoms with E-state index in [4.69, 9.17) is 11.6 Å². The fourth-order valence-corrected chi connectivity index (χ4v) is 2.64. The van der Waals surface area contributed by atoms with Gasteiger partial charge in [0.1, 0.15) is 5.82 Å². The maximum Gasteiger partial charge on any atom is 0.243 e. The third-order valence-corrected chi connectivity index (χ3v) is 3.84. The number of likely N-dealkylation sites (N-methyl/N-ethyl adjacent to an activating group) is 1. The average molecular weight is 344 g/mol. The lowest BCUT2D eigenvalue weighted by atomic mass is 10.1. The molecule has 3 aromatic rings.